The molecule has 2 rings (SSSR count). The van der Waals surface area contributed by atoms with E-state index in [1.165, 1.54) is 0 Å². The van der Waals surface area contributed by atoms with Crippen LogP contribution >= 0.6 is 0 Å². The molecule has 1 atom stereocenters. The van der Waals surface area contributed by atoms with Gasteiger partial charge in [-0.2, -0.15) is 0 Å². The van der Waals surface area contributed by atoms with Gasteiger partial charge in [0.05, 0.1) is 6.10 Å². The molecule has 4 nitrogen and oxygen atoms in total. The number of hydrogen-bond donors (Lipinski definition) is 2. The predicted octanol–water partition coefficient (Wildman–Crippen LogP) is 2.22. The number of carbonyl (C=O) groups excluding carboxylic acids is 1. The molecule has 4 heteroatoms. The summed E-state index contributed by atoms with van der Waals surface area (Å²) in [5.74, 6) is 0.236. The fraction of sp³-hybridized carbons (Fsp3) is 0.632. The molecule has 0 spiro atoms. The molecule has 1 aromatic rings. The summed E-state index contributed by atoms with van der Waals surface area (Å²) in [6, 6.07) is 10.5. The number of benzene rings is 1. The second-order valence-corrected chi connectivity index (χ2v) is 7.57. The summed E-state index contributed by atoms with van der Waals surface area (Å²) in [6.45, 7) is 8.14. The zero-order chi connectivity index (χ0) is 16.9. The molecule has 0 radical (unpaired) electrons. The van der Waals surface area contributed by atoms with Crippen molar-refractivity contribution < 1.29 is 9.90 Å². The van der Waals surface area contributed by atoms with Crippen LogP contribution < -0.4 is 5.32 Å². The summed E-state index contributed by atoms with van der Waals surface area (Å²) in [4.78, 5) is 14.2. The van der Waals surface area contributed by atoms with Crippen molar-refractivity contribution in [3.8, 4) is 0 Å². The van der Waals surface area contributed by atoms with Crippen molar-refractivity contribution >= 4 is 5.91 Å². The van der Waals surface area contributed by atoms with Crippen LogP contribution in [-0.2, 0) is 11.2 Å². The van der Waals surface area contributed by atoms with Gasteiger partial charge in [-0.15, -0.1) is 0 Å². The number of nitrogens with zero attached hydrogens (tertiary/aromatic N) is 1. The lowest BCUT2D eigenvalue weighted by Gasteiger charge is -2.36. The Bertz CT molecular complexity index is 488. The smallest absolute Gasteiger partial charge is 0.227 e. The van der Waals surface area contributed by atoms with Gasteiger partial charge in [0.1, 0.15) is 0 Å². The van der Waals surface area contributed by atoms with Gasteiger partial charge in [0.2, 0.25) is 5.91 Å². The first-order chi connectivity index (χ1) is 10.9. The zero-order valence-corrected chi connectivity index (χ0v) is 14.6. The summed E-state index contributed by atoms with van der Waals surface area (Å²) < 4.78 is 0. The van der Waals surface area contributed by atoms with E-state index in [4.69, 9.17) is 0 Å². The quantitative estimate of drug-likeness (QED) is 0.875. The molecule has 23 heavy (non-hydrogen) atoms. The Morgan fingerprint density at radius 3 is 2.43 bits per heavy atom. The van der Waals surface area contributed by atoms with E-state index in [0.29, 0.717) is 19.0 Å². The number of aliphatic hydroxyl groups is 1. The van der Waals surface area contributed by atoms with Crippen molar-refractivity contribution in [3.63, 3.8) is 0 Å². The first kappa shape index (κ1) is 18.0. The average molecular weight is 318 g/mol. The Hall–Kier alpha value is -1.39. The highest BCUT2D eigenvalue weighted by atomic mass is 16.3. The predicted molar refractivity (Wildman–Crippen MR) is 93.2 cm³/mol. The van der Waals surface area contributed by atoms with Gasteiger partial charge in [-0.25, -0.2) is 0 Å². The summed E-state index contributed by atoms with van der Waals surface area (Å²) in [5, 5.41) is 13.6. The number of rotatable bonds is 5. The first-order valence-corrected chi connectivity index (χ1v) is 8.61. The van der Waals surface area contributed by atoms with E-state index in [-0.39, 0.29) is 17.4 Å². The molecule has 0 aliphatic carbocycles. The lowest BCUT2D eigenvalue weighted by molar-refractivity contribution is -0.140. The van der Waals surface area contributed by atoms with Crippen LogP contribution in [0.5, 0.6) is 0 Å². The molecular weight excluding hydrogens is 288 g/mol. The van der Waals surface area contributed by atoms with E-state index >= 15 is 0 Å². The van der Waals surface area contributed by atoms with Gasteiger partial charge in [0.25, 0.3) is 0 Å². The zero-order valence-electron chi connectivity index (χ0n) is 14.6. The molecule has 1 aliphatic rings. The largest absolute Gasteiger partial charge is 0.391 e. The fourth-order valence-corrected chi connectivity index (χ4v) is 3.02. The van der Waals surface area contributed by atoms with Crippen LogP contribution in [0.2, 0.25) is 0 Å². The van der Waals surface area contributed by atoms with Crippen molar-refractivity contribution in [3.05, 3.63) is 35.9 Å². The summed E-state index contributed by atoms with van der Waals surface area (Å²) >= 11 is 0. The molecule has 128 valence electrons. The third kappa shape index (κ3) is 5.63. The number of hydrogen-bond acceptors (Lipinski definition) is 3. The molecule has 2 N–H and O–H groups in total. The van der Waals surface area contributed by atoms with Crippen molar-refractivity contribution in [1.29, 1.82) is 0 Å². The molecule has 0 saturated carbocycles. The highest BCUT2D eigenvalue weighted by molar-refractivity contribution is 5.81. The summed E-state index contributed by atoms with van der Waals surface area (Å²) in [7, 11) is 0. The molecule has 1 unspecified atom stereocenters. The molecule has 1 amide bonds. The van der Waals surface area contributed by atoms with E-state index in [9.17, 15) is 9.90 Å². The van der Waals surface area contributed by atoms with Crippen LogP contribution in [0.1, 0.15) is 39.2 Å². The number of likely N-dealkylation sites (tertiary alicyclic amines) is 1. The monoisotopic (exact) mass is 318 g/mol. The van der Waals surface area contributed by atoms with Crippen LogP contribution in [0, 0.1) is 5.41 Å². The van der Waals surface area contributed by atoms with E-state index in [0.717, 1.165) is 31.5 Å². The minimum absolute atomic E-state index is 0.236. The Morgan fingerprint density at radius 2 is 1.87 bits per heavy atom. The fourth-order valence-electron chi connectivity index (χ4n) is 3.02. The molecule has 0 bridgehead atoms. The molecule has 1 fully saturated rings. The second-order valence-electron chi connectivity index (χ2n) is 7.57. The minimum Gasteiger partial charge on any atom is -0.391 e. The summed E-state index contributed by atoms with van der Waals surface area (Å²) in [5.41, 5.74) is 0.860. The van der Waals surface area contributed by atoms with Gasteiger partial charge >= 0.3 is 0 Å². The first-order valence-electron chi connectivity index (χ1n) is 8.61. The van der Waals surface area contributed by atoms with E-state index in [1.54, 1.807) is 0 Å². The maximum Gasteiger partial charge on any atom is 0.227 e. The summed E-state index contributed by atoms with van der Waals surface area (Å²) in [6.07, 6.45) is 2.22. The number of amides is 1. The van der Waals surface area contributed by atoms with Crippen LogP contribution in [0.25, 0.3) is 0 Å². The Kier molecular flexibility index (Phi) is 6.19. The van der Waals surface area contributed by atoms with Crippen molar-refractivity contribution in [2.45, 2.75) is 52.2 Å². The SMILES string of the molecule is CC(C)(C)C(=O)N1CCC(NCC(O)Cc2ccccc2)CC1. The topological polar surface area (TPSA) is 52.6 Å². The lowest BCUT2D eigenvalue weighted by atomic mass is 9.93. The maximum atomic E-state index is 12.3. The maximum absolute atomic E-state index is 12.3. The van der Waals surface area contributed by atoms with Crippen LogP contribution in [0.3, 0.4) is 0 Å². The Balaban J connectivity index is 1.69. The number of piperidine rings is 1. The van der Waals surface area contributed by atoms with Crippen LogP contribution in [-0.4, -0.2) is 47.7 Å². The van der Waals surface area contributed by atoms with Gasteiger partial charge < -0.3 is 15.3 Å². The molecular formula is C19H30N2O2. The standard InChI is InChI=1S/C19H30N2O2/c1-19(2,3)18(23)21-11-9-16(10-12-21)20-14-17(22)13-15-7-5-4-6-8-15/h4-8,16-17,20,22H,9-14H2,1-3H3. The molecule has 1 saturated heterocycles. The lowest BCUT2D eigenvalue weighted by Crippen LogP contribution is -2.49. The second kappa shape index (κ2) is 7.93. The highest BCUT2D eigenvalue weighted by Crippen LogP contribution is 2.21. The number of nitrogens with one attached hydrogen (secondary N) is 1. The van der Waals surface area contributed by atoms with Crippen LogP contribution in [0.4, 0.5) is 0 Å². The van der Waals surface area contributed by atoms with E-state index < -0.39 is 0 Å². The molecule has 1 heterocycles. The van der Waals surface area contributed by atoms with Gasteiger partial charge in [-0.3, -0.25) is 4.79 Å². The van der Waals surface area contributed by atoms with Crippen molar-refractivity contribution in [2.24, 2.45) is 5.41 Å². The molecule has 0 aromatic heterocycles. The molecule has 1 aliphatic heterocycles. The third-order valence-corrected chi connectivity index (χ3v) is 4.38. The van der Waals surface area contributed by atoms with Crippen molar-refractivity contribution in [2.75, 3.05) is 19.6 Å². The van der Waals surface area contributed by atoms with Gasteiger partial charge in [-0.05, 0) is 24.8 Å². The number of aliphatic hydroxyl groups excluding tert-OH is 1. The Morgan fingerprint density at radius 1 is 1.26 bits per heavy atom. The van der Waals surface area contributed by atoms with Crippen molar-refractivity contribution in [1.82, 2.24) is 10.2 Å². The van der Waals surface area contributed by atoms with Gasteiger partial charge in [0, 0.05) is 31.1 Å². The number of carbonyl (C=O) groups is 1. The minimum atomic E-state index is -0.369. The van der Waals surface area contributed by atoms with Gasteiger partial charge in [-0.1, -0.05) is 51.1 Å². The van der Waals surface area contributed by atoms with Gasteiger partial charge in [0.15, 0.2) is 0 Å². The van der Waals surface area contributed by atoms with Crippen LogP contribution in [0.15, 0.2) is 30.3 Å². The molecule has 1 aromatic carbocycles. The van der Waals surface area contributed by atoms with E-state index in [2.05, 4.69) is 5.32 Å². The Labute approximate surface area is 139 Å². The normalized spacial score (nSPS) is 18.0. The third-order valence-electron chi connectivity index (χ3n) is 4.38. The van der Waals surface area contributed by atoms with E-state index in [1.807, 2.05) is 56.0 Å². The average Bonchev–Trinajstić information content (AvgIpc) is 2.53. The highest BCUT2D eigenvalue weighted by Gasteiger charge is 2.30.